The van der Waals surface area contributed by atoms with Gasteiger partial charge in [0.1, 0.15) is 5.75 Å². The molecule has 41 heavy (non-hydrogen) atoms. The molecule has 0 spiro atoms. The Labute approximate surface area is 245 Å². The van der Waals surface area contributed by atoms with E-state index < -0.39 is 0 Å². The van der Waals surface area contributed by atoms with Crippen LogP contribution in [0.4, 0.5) is 5.69 Å². The minimum absolute atomic E-state index is 0.398. The summed E-state index contributed by atoms with van der Waals surface area (Å²) in [6.45, 7) is 10.1. The summed E-state index contributed by atoms with van der Waals surface area (Å²) in [6.07, 6.45) is 8.26. The summed E-state index contributed by atoms with van der Waals surface area (Å²) in [5, 5.41) is 9.98. The van der Waals surface area contributed by atoms with Crippen molar-refractivity contribution in [1.82, 2.24) is 14.8 Å². The first kappa shape index (κ1) is 27.5. The van der Waals surface area contributed by atoms with E-state index in [1.165, 1.54) is 51.9 Å². The number of aromatic nitrogens is 1. The van der Waals surface area contributed by atoms with Crippen LogP contribution in [0.5, 0.6) is 5.75 Å². The van der Waals surface area contributed by atoms with Crippen LogP contribution >= 0.6 is 0 Å². The fraction of sp³-hybridized carbons (Fsp3) is 0.361. The molecule has 1 atom stereocenters. The van der Waals surface area contributed by atoms with Crippen molar-refractivity contribution in [2.24, 2.45) is 0 Å². The van der Waals surface area contributed by atoms with Crippen molar-refractivity contribution in [2.45, 2.75) is 38.6 Å². The monoisotopic (exact) mass is 546 g/mol. The molecule has 5 nitrogen and oxygen atoms in total. The van der Waals surface area contributed by atoms with Crippen molar-refractivity contribution in [1.29, 1.82) is 0 Å². The van der Waals surface area contributed by atoms with Crippen molar-refractivity contribution in [2.75, 3.05) is 50.7 Å². The molecule has 1 aliphatic carbocycles. The number of phenolic OH excluding ortho intramolecular Hbond substituents is 1. The Kier molecular flexibility index (Phi) is 8.64. The first-order valence-corrected chi connectivity index (χ1v) is 15.3. The van der Waals surface area contributed by atoms with Crippen molar-refractivity contribution < 1.29 is 5.11 Å². The fourth-order valence-electron chi connectivity index (χ4n) is 6.56. The van der Waals surface area contributed by atoms with E-state index in [-0.39, 0.29) is 0 Å². The van der Waals surface area contributed by atoms with E-state index >= 15 is 0 Å². The molecule has 5 heteroatoms. The molecule has 1 fully saturated rings. The van der Waals surface area contributed by atoms with Gasteiger partial charge in [-0.1, -0.05) is 49.4 Å². The maximum atomic E-state index is 9.98. The minimum atomic E-state index is 0.398. The van der Waals surface area contributed by atoms with Crippen molar-refractivity contribution >= 4 is 5.69 Å². The van der Waals surface area contributed by atoms with Gasteiger partial charge in [0, 0.05) is 63.4 Å². The second-order valence-corrected chi connectivity index (χ2v) is 11.6. The number of hydrogen-bond acceptors (Lipinski definition) is 5. The van der Waals surface area contributed by atoms with Crippen LogP contribution in [-0.4, -0.2) is 71.7 Å². The molecular weight excluding hydrogens is 504 g/mol. The van der Waals surface area contributed by atoms with Crippen LogP contribution in [0, 0.1) is 0 Å². The first-order valence-electron chi connectivity index (χ1n) is 15.3. The largest absolute Gasteiger partial charge is 0.508 e. The number of fused-ring (bicyclic) bond motifs is 1. The summed E-state index contributed by atoms with van der Waals surface area (Å²) >= 11 is 0. The van der Waals surface area contributed by atoms with E-state index in [0.29, 0.717) is 11.8 Å². The van der Waals surface area contributed by atoms with Crippen molar-refractivity contribution in [3.8, 4) is 28.0 Å². The summed E-state index contributed by atoms with van der Waals surface area (Å²) in [7, 11) is 0. The minimum Gasteiger partial charge on any atom is -0.508 e. The van der Waals surface area contributed by atoms with Gasteiger partial charge in [0.2, 0.25) is 0 Å². The first-order chi connectivity index (χ1) is 20.2. The molecule has 6 rings (SSSR count). The van der Waals surface area contributed by atoms with Gasteiger partial charge >= 0.3 is 0 Å². The Morgan fingerprint density at radius 1 is 0.756 bits per heavy atom. The number of aromatic hydroxyl groups is 1. The zero-order valence-electron chi connectivity index (χ0n) is 24.3. The van der Waals surface area contributed by atoms with Crippen LogP contribution in [0.1, 0.15) is 30.9 Å². The highest BCUT2D eigenvalue weighted by Crippen LogP contribution is 2.29. The number of aryl methyl sites for hydroxylation is 1. The zero-order chi connectivity index (χ0) is 28.0. The number of anilines is 1. The Morgan fingerprint density at radius 2 is 1.39 bits per heavy atom. The third-order valence-corrected chi connectivity index (χ3v) is 8.96. The van der Waals surface area contributed by atoms with Crippen LogP contribution in [0.25, 0.3) is 22.3 Å². The standard InChI is InChI=1S/C36H42N4O/c1-2-19-39(35-13-9-31-10-14-36(41)27-33(31)26-35)23-20-38-21-24-40(25-22-38)34-11-7-30(8-12-34)28-3-5-29(6-4-28)32-15-17-37-18-16-32/h3-8,10-12,14-18,27,35,41H,2,9,13,19-26H2,1H3/t35-/m0/s1. The van der Waals surface area contributed by atoms with E-state index in [4.69, 9.17) is 0 Å². The Bertz CT molecular complexity index is 1400. The highest BCUT2D eigenvalue weighted by molar-refractivity contribution is 5.71. The molecule has 1 saturated heterocycles. The summed E-state index contributed by atoms with van der Waals surface area (Å²) < 4.78 is 0. The Balaban J connectivity index is 0.999. The highest BCUT2D eigenvalue weighted by Gasteiger charge is 2.25. The zero-order valence-corrected chi connectivity index (χ0v) is 24.3. The van der Waals surface area contributed by atoms with Crippen LogP contribution in [0.15, 0.2) is 91.3 Å². The highest BCUT2D eigenvalue weighted by atomic mass is 16.3. The fourth-order valence-corrected chi connectivity index (χ4v) is 6.56. The topological polar surface area (TPSA) is 42.8 Å². The Hall–Kier alpha value is -3.67. The lowest BCUT2D eigenvalue weighted by atomic mass is 9.87. The average molecular weight is 547 g/mol. The molecule has 0 bridgehead atoms. The predicted molar refractivity (Wildman–Crippen MR) is 170 cm³/mol. The molecule has 1 aliphatic heterocycles. The summed E-state index contributed by atoms with van der Waals surface area (Å²) in [5.41, 5.74) is 8.98. The van der Waals surface area contributed by atoms with Gasteiger partial charge in [-0.15, -0.1) is 0 Å². The van der Waals surface area contributed by atoms with E-state index in [1.54, 1.807) is 0 Å². The Morgan fingerprint density at radius 3 is 2.05 bits per heavy atom. The summed E-state index contributed by atoms with van der Waals surface area (Å²) in [5.74, 6) is 0.398. The molecule has 0 unspecified atom stereocenters. The molecule has 2 aliphatic rings. The number of phenols is 1. The van der Waals surface area contributed by atoms with Gasteiger partial charge in [-0.25, -0.2) is 0 Å². The third-order valence-electron chi connectivity index (χ3n) is 8.96. The molecule has 212 valence electrons. The van der Waals surface area contributed by atoms with Gasteiger partial charge in [-0.2, -0.15) is 0 Å². The molecule has 0 amide bonds. The van der Waals surface area contributed by atoms with E-state index in [1.807, 2.05) is 36.7 Å². The number of hydrogen-bond donors (Lipinski definition) is 1. The van der Waals surface area contributed by atoms with Gasteiger partial charge in [0.15, 0.2) is 0 Å². The lowest BCUT2D eigenvalue weighted by Crippen LogP contribution is -2.50. The molecule has 4 aromatic rings. The van der Waals surface area contributed by atoms with Crippen LogP contribution in [0.2, 0.25) is 0 Å². The van der Waals surface area contributed by atoms with Gasteiger partial charge in [-0.3, -0.25) is 14.8 Å². The second kappa shape index (κ2) is 12.9. The summed E-state index contributed by atoms with van der Waals surface area (Å²) in [4.78, 5) is 12.0. The molecule has 3 aromatic carbocycles. The lowest BCUT2D eigenvalue weighted by Gasteiger charge is -2.39. The van der Waals surface area contributed by atoms with Gasteiger partial charge in [0.05, 0.1) is 0 Å². The molecule has 2 heterocycles. The van der Waals surface area contributed by atoms with Crippen LogP contribution in [-0.2, 0) is 12.8 Å². The number of nitrogens with zero attached hydrogens (tertiary/aromatic N) is 4. The van der Waals surface area contributed by atoms with Crippen LogP contribution in [0.3, 0.4) is 0 Å². The summed E-state index contributed by atoms with van der Waals surface area (Å²) in [6, 6.07) is 28.5. The quantitative estimate of drug-likeness (QED) is 0.259. The van der Waals surface area contributed by atoms with Crippen molar-refractivity contribution in [3.63, 3.8) is 0 Å². The van der Waals surface area contributed by atoms with Gasteiger partial charge < -0.3 is 10.0 Å². The van der Waals surface area contributed by atoms with Gasteiger partial charge in [-0.05, 0) is 102 Å². The van der Waals surface area contributed by atoms with Gasteiger partial charge in [0.25, 0.3) is 0 Å². The van der Waals surface area contributed by atoms with E-state index in [0.717, 1.165) is 58.7 Å². The molecule has 0 radical (unpaired) electrons. The maximum absolute atomic E-state index is 9.98. The molecular formula is C36H42N4O. The molecule has 1 aromatic heterocycles. The maximum Gasteiger partial charge on any atom is 0.115 e. The average Bonchev–Trinajstić information content (AvgIpc) is 3.03. The van der Waals surface area contributed by atoms with Crippen molar-refractivity contribution in [3.05, 3.63) is 102 Å². The number of piperazine rings is 1. The second-order valence-electron chi connectivity index (χ2n) is 11.6. The SMILES string of the molecule is CCCN(CCN1CCN(c2ccc(-c3ccc(-c4ccncc4)cc3)cc2)CC1)[C@H]1CCc2ccc(O)cc2C1. The number of benzene rings is 3. The molecule has 0 saturated carbocycles. The predicted octanol–water partition coefficient (Wildman–Crippen LogP) is 6.51. The lowest BCUT2D eigenvalue weighted by molar-refractivity contribution is 0.145. The normalized spacial score (nSPS) is 17.5. The van der Waals surface area contributed by atoms with E-state index in [9.17, 15) is 5.11 Å². The number of rotatable bonds is 9. The number of pyridine rings is 1. The van der Waals surface area contributed by atoms with Crippen LogP contribution < -0.4 is 4.90 Å². The molecule has 1 N–H and O–H groups in total. The van der Waals surface area contributed by atoms with E-state index in [2.05, 4.69) is 81.2 Å². The third kappa shape index (κ3) is 6.64. The smallest absolute Gasteiger partial charge is 0.115 e.